The zero-order valence-electron chi connectivity index (χ0n) is 20.5. The first-order valence-corrected chi connectivity index (χ1v) is 11.3. The average molecular weight is 484 g/mol. The fourth-order valence-corrected chi connectivity index (χ4v) is 4.09. The Hall–Kier alpha value is -3.75. The Balaban J connectivity index is 1.57. The summed E-state index contributed by atoms with van der Waals surface area (Å²) in [4.78, 5) is 37.9. The standard InChI is InChI=1S/C26H29NO8/c1-15(28)33-19-8-6-16(7-9-19)23-14-32-21-11-17-10-20(24(29)31-5)27(25(30)35-26(2,3)4)13-18(17)12-22(21)34-23/h6-9,11-12,20,23H,10,13-14H2,1-5H3/t20-,23+/m0/s1. The van der Waals surface area contributed by atoms with E-state index >= 15 is 0 Å². The number of amides is 1. The Morgan fingerprint density at radius 2 is 1.71 bits per heavy atom. The quantitative estimate of drug-likeness (QED) is 0.478. The molecular formula is C26H29NO8. The SMILES string of the molecule is COC(=O)[C@@H]1Cc2cc3c(cc2CN1C(=O)OC(C)(C)C)O[C@@H](c1ccc(OC(C)=O)cc1)CO3. The lowest BCUT2D eigenvalue weighted by Crippen LogP contribution is -2.50. The zero-order valence-corrected chi connectivity index (χ0v) is 20.5. The molecule has 2 atom stereocenters. The van der Waals surface area contributed by atoms with Crippen LogP contribution in [0.2, 0.25) is 0 Å². The van der Waals surface area contributed by atoms with Gasteiger partial charge in [0.05, 0.1) is 13.7 Å². The highest BCUT2D eigenvalue weighted by atomic mass is 16.6. The number of ether oxygens (including phenoxy) is 5. The van der Waals surface area contributed by atoms with Crippen LogP contribution in [0.3, 0.4) is 0 Å². The molecule has 186 valence electrons. The maximum atomic E-state index is 12.9. The van der Waals surface area contributed by atoms with Crippen molar-refractivity contribution in [3.63, 3.8) is 0 Å². The summed E-state index contributed by atoms with van der Waals surface area (Å²) in [6.45, 7) is 7.13. The van der Waals surface area contributed by atoms with E-state index in [-0.39, 0.29) is 25.0 Å². The lowest BCUT2D eigenvalue weighted by atomic mass is 9.93. The Labute approximate surface area is 203 Å². The number of hydrogen-bond donors (Lipinski definition) is 0. The summed E-state index contributed by atoms with van der Waals surface area (Å²) in [5.74, 6) is 0.683. The minimum absolute atomic E-state index is 0.169. The van der Waals surface area contributed by atoms with Gasteiger partial charge >= 0.3 is 18.0 Å². The molecule has 1 amide bonds. The molecule has 2 aromatic rings. The summed E-state index contributed by atoms with van der Waals surface area (Å²) < 4.78 is 27.8. The second-order valence-corrected chi connectivity index (χ2v) is 9.50. The van der Waals surface area contributed by atoms with Gasteiger partial charge in [0.2, 0.25) is 0 Å². The highest BCUT2D eigenvalue weighted by Crippen LogP contribution is 2.41. The molecule has 2 aliphatic heterocycles. The smallest absolute Gasteiger partial charge is 0.411 e. The first-order valence-electron chi connectivity index (χ1n) is 11.3. The van der Waals surface area contributed by atoms with Crippen LogP contribution in [-0.4, -0.2) is 48.3 Å². The maximum Gasteiger partial charge on any atom is 0.411 e. The summed E-state index contributed by atoms with van der Waals surface area (Å²) in [7, 11) is 1.30. The van der Waals surface area contributed by atoms with E-state index in [9.17, 15) is 14.4 Å². The third-order valence-electron chi connectivity index (χ3n) is 5.67. The van der Waals surface area contributed by atoms with Crippen molar-refractivity contribution in [2.24, 2.45) is 0 Å². The van der Waals surface area contributed by atoms with Gasteiger partial charge in [0.15, 0.2) is 17.6 Å². The van der Waals surface area contributed by atoms with Gasteiger partial charge in [-0.1, -0.05) is 12.1 Å². The van der Waals surface area contributed by atoms with E-state index in [4.69, 9.17) is 23.7 Å². The van der Waals surface area contributed by atoms with Gasteiger partial charge in [0.25, 0.3) is 0 Å². The Bertz CT molecular complexity index is 1140. The van der Waals surface area contributed by atoms with Crippen LogP contribution in [0.4, 0.5) is 4.79 Å². The largest absolute Gasteiger partial charge is 0.485 e. The summed E-state index contributed by atoms with van der Waals surface area (Å²) >= 11 is 0. The Kier molecular flexibility index (Phi) is 6.60. The highest BCUT2D eigenvalue weighted by molar-refractivity contribution is 5.82. The third kappa shape index (κ3) is 5.50. The number of esters is 2. The summed E-state index contributed by atoms with van der Waals surface area (Å²) in [6, 6.07) is 9.94. The number of hydrogen-bond acceptors (Lipinski definition) is 8. The third-order valence-corrected chi connectivity index (χ3v) is 5.67. The second kappa shape index (κ2) is 9.48. The van der Waals surface area contributed by atoms with Crippen LogP contribution in [0, 0.1) is 0 Å². The monoisotopic (exact) mass is 483 g/mol. The molecule has 0 aromatic heterocycles. The van der Waals surface area contributed by atoms with Gasteiger partial charge in [-0.2, -0.15) is 0 Å². The lowest BCUT2D eigenvalue weighted by Gasteiger charge is -2.37. The van der Waals surface area contributed by atoms with Crippen molar-refractivity contribution in [2.75, 3.05) is 13.7 Å². The second-order valence-electron chi connectivity index (χ2n) is 9.50. The van der Waals surface area contributed by atoms with Crippen LogP contribution < -0.4 is 14.2 Å². The Morgan fingerprint density at radius 3 is 2.34 bits per heavy atom. The van der Waals surface area contributed by atoms with Crippen LogP contribution in [-0.2, 0) is 32.0 Å². The number of carbonyl (C=O) groups is 3. The van der Waals surface area contributed by atoms with Gasteiger partial charge in [-0.25, -0.2) is 9.59 Å². The number of carbonyl (C=O) groups excluding carboxylic acids is 3. The number of rotatable bonds is 3. The average Bonchev–Trinajstić information content (AvgIpc) is 2.80. The van der Waals surface area contributed by atoms with Gasteiger partial charge in [-0.05, 0) is 61.7 Å². The molecule has 0 bridgehead atoms. The molecule has 9 heteroatoms. The fourth-order valence-electron chi connectivity index (χ4n) is 4.09. The van der Waals surface area contributed by atoms with Crippen molar-refractivity contribution in [1.82, 2.24) is 4.90 Å². The lowest BCUT2D eigenvalue weighted by molar-refractivity contribution is -0.147. The van der Waals surface area contributed by atoms with Gasteiger partial charge in [0, 0.05) is 13.3 Å². The van der Waals surface area contributed by atoms with Crippen molar-refractivity contribution in [3.8, 4) is 17.2 Å². The van der Waals surface area contributed by atoms with Crippen molar-refractivity contribution in [3.05, 3.63) is 53.1 Å². The molecule has 0 saturated heterocycles. The molecule has 2 aromatic carbocycles. The first kappa shape index (κ1) is 24.4. The number of fused-ring (bicyclic) bond motifs is 2. The fraction of sp³-hybridized carbons (Fsp3) is 0.423. The summed E-state index contributed by atoms with van der Waals surface area (Å²) in [6.07, 6.45) is -0.668. The molecule has 2 aliphatic rings. The molecule has 9 nitrogen and oxygen atoms in total. The molecule has 0 fully saturated rings. The van der Waals surface area contributed by atoms with Crippen LogP contribution in [0.15, 0.2) is 36.4 Å². The molecule has 4 rings (SSSR count). The highest BCUT2D eigenvalue weighted by Gasteiger charge is 2.39. The van der Waals surface area contributed by atoms with Crippen molar-refractivity contribution in [1.29, 1.82) is 0 Å². The molecule has 2 heterocycles. The van der Waals surface area contributed by atoms with E-state index < -0.39 is 23.7 Å². The minimum Gasteiger partial charge on any atom is -0.485 e. The molecule has 0 radical (unpaired) electrons. The van der Waals surface area contributed by atoms with Gasteiger partial charge < -0.3 is 23.7 Å². The molecular weight excluding hydrogens is 454 g/mol. The topological polar surface area (TPSA) is 101 Å². The van der Waals surface area contributed by atoms with E-state index in [0.717, 1.165) is 16.7 Å². The van der Waals surface area contributed by atoms with E-state index in [0.29, 0.717) is 23.9 Å². The predicted molar refractivity (Wildman–Crippen MR) is 124 cm³/mol. The number of methoxy groups -OCH3 is 1. The van der Waals surface area contributed by atoms with E-state index in [1.165, 1.54) is 18.9 Å². The van der Waals surface area contributed by atoms with Gasteiger partial charge in [-0.15, -0.1) is 0 Å². The van der Waals surface area contributed by atoms with Crippen molar-refractivity contribution < 1.29 is 38.1 Å². The van der Waals surface area contributed by atoms with Crippen LogP contribution >= 0.6 is 0 Å². The van der Waals surface area contributed by atoms with Gasteiger partial charge in [-0.3, -0.25) is 9.69 Å². The van der Waals surface area contributed by atoms with Gasteiger partial charge in [0.1, 0.15) is 24.0 Å². The number of nitrogens with zero attached hydrogens (tertiary/aromatic N) is 1. The van der Waals surface area contributed by atoms with E-state index in [2.05, 4.69) is 0 Å². The number of benzene rings is 2. The zero-order chi connectivity index (χ0) is 25.3. The molecule has 0 saturated carbocycles. The molecule has 0 unspecified atom stereocenters. The molecule has 0 N–H and O–H groups in total. The predicted octanol–water partition coefficient (Wildman–Crippen LogP) is 3.96. The normalized spacial score (nSPS) is 18.8. The maximum absolute atomic E-state index is 12.9. The molecule has 35 heavy (non-hydrogen) atoms. The molecule has 0 aliphatic carbocycles. The summed E-state index contributed by atoms with van der Waals surface area (Å²) in [5.41, 5.74) is 1.88. The van der Waals surface area contributed by atoms with Crippen LogP contribution in [0.1, 0.15) is 50.5 Å². The molecule has 0 spiro atoms. The van der Waals surface area contributed by atoms with Crippen molar-refractivity contribution >= 4 is 18.0 Å². The first-order chi connectivity index (χ1) is 16.5. The minimum atomic E-state index is -0.798. The summed E-state index contributed by atoms with van der Waals surface area (Å²) in [5, 5.41) is 0. The van der Waals surface area contributed by atoms with Crippen molar-refractivity contribution in [2.45, 2.75) is 58.4 Å². The van der Waals surface area contributed by atoms with E-state index in [1.807, 2.05) is 24.3 Å². The van der Waals surface area contributed by atoms with Crippen LogP contribution in [0.5, 0.6) is 17.2 Å². The van der Waals surface area contributed by atoms with Crippen LogP contribution in [0.25, 0.3) is 0 Å². The van der Waals surface area contributed by atoms with E-state index in [1.54, 1.807) is 32.9 Å². The Morgan fingerprint density at radius 1 is 1.03 bits per heavy atom.